The quantitative estimate of drug-likeness (QED) is 0.877. The Labute approximate surface area is 154 Å². The highest BCUT2D eigenvalue weighted by Crippen LogP contribution is 2.63. The summed E-state index contributed by atoms with van der Waals surface area (Å²) < 4.78 is 10.9. The van der Waals surface area contributed by atoms with Gasteiger partial charge in [0, 0.05) is 16.0 Å². The third-order valence-corrected chi connectivity index (χ3v) is 8.86. The number of fused-ring (bicyclic) bond motifs is 6. The molecule has 1 aromatic heterocycles. The van der Waals surface area contributed by atoms with Crippen LogP contribution in [0.1, 0.15) is 35.6 Å². The van der Waals surface area contributed by atoms with Crippen LogP contribution in [0.2, 0.25) is 0 Å². The number of hydrogen-bond acceptors (Lipinski definition) is 5. The van der Waals surface area contributed by atoms with Crippen LogP contribution in [0.25, 0.3) is 0 Å². The molecule has 0 amide bonds. The number of ether oxygens (including phenoxy) is 2. The fraction of sp³-hybridized carbons (Fsp3) is 0.526. The summed E-state index contributed by atoms with van der Waals surface area (Å²) in [5, 5.41) is 1.73. The van der Waals surface area contributed by atoms with Gasteiger partial charge in [-0.05, 0) is 54.7 Å². The number of thiazole rings is 1. The van der Waals surface area contributed by atoms with Crippen LogP contribution in [-0.4, -0.2) is 24.5 Å². The highest BCUT2D eigenvalue weighted by Gasteiger charge is 2.54. The van der Waals surface area contributed by atoms with Crippen LogP contribution in [0.15, 0.2) is 28.0 Å². The predicted molar refractivity (Wildman–Crippen MR) is 100 cm³/mol. The third kappa shape index (κ3) is 2.30. The molecule has 2 bridgehead atoms. The lowest BCUT2D eigenvalue weighted by Gasteiger charge is -2.40. The molecule has 2 fully saturated rings. The molecule has 3 aliphatic rings. The van der Waals surface area contributed by atoms with E-state index >= 15 is 0 Å². The van der Waals surface area contributed by atoms with E-state index in [1.54, 1.807) is 14.2 Å². The van der Waals surface area contributed by atoms with E-state index in [9.17, 15) is 4.79 Å². The lowest BCUT2D eigenvalue weighted by molar-refractivity contribution is 0.306. The van der Waals surface area contributed by atoms with Gasteiger partial charge in [0.05, 0.1) is 19.2 Å². The van der Waals surface area contributed by atoms with Crippen LogP contribution < -0.4 is 14.3 Å². The first kappa shape index (κ1) is 15.8. The summed E-state index contributed by atoms with van der Waals surface area (Å²) in [6.07, 6.45) is 4.04. The van der Waals surface area contributed by atoms with Gasteiger partial charge in [-0.15, -0.1) is 11.8 Å². The van der Waals surface area contributed by atoms with E-state index in [1.807, 2.05) is 17.8 Å². The van der Waals surface area contributed by atoms with Gasteiger partial charge in [0.1, 0.15) is 0 Å². The Morgan fingerprint density at radius 2 is 1.92 bits per heavy atom. The number of aromatic nitrogens is 1. The molecule has 2 aliphatic carbocycles. The smallest absolute Gasteiger partial charge is 0.305 e. The molecule has 0 spiro atoms. The summed E-state index contributed by atoms with van der Waals surface area (Å²) in [7, 11) is 3.34. The first-order valence-electron chi connectivity index (χ1n) is 8.81. The molecule has 132 valence electrons. The fourth-order valence-electron chi connectivity index (χ4n) is 5.27. The van der Waals surface area contributed by atoms with Crippen molar-refractivity contribution in [3.05, 3.63) is 38.3 Å². The Morgan fingerprint density at radius 3 is 2.72 bits per heavy atom. The molecule has 0 saturated heterocycles. The van der Waals surface area contributed by atoms with Gasteiger partial charge < -0.3 is 14.5 Å². The number of H-pyrrole nitrogens is 1. The molecule has 0 unspecified atom stereocenters. The lowest BCUT2D eigenvalue weighted by atomic mass is 9.75. The van der Waals surface area contributed by atoms with Gasteiger partial charge in [-0.2, -0.15) is 0 Å². The Morgan fingerprint density at radius 1 is 1.12 bits per heavy atom. The second kappa shape index (κ2) is 5.81. The Balaban J connectivity index is 1.66. The second-order valence-electron chi connectivity index (χ2n) is 7.29. The summed E-state index contributed by atoms with van der Waals surface area (Å²) in [6.45, 7) is 0. The first-order chi connectivity index (χ1) is 12.2. The van der Waals surface area contributed by atoms with Crippen molar-refractivity contribution in [3.63, 3.8) is 0 Å². The van der Waals surface area contributed by atoms with E-state index in [0.717, 1.165) is 28.4 Å². The molecule has 0 radical (unpaired) electrons. The van der Waals surface area contributed by atoms with E-state index in [-0.39, 0.29) is 4.87 Å². The van der Waals surface area contributed by atoms with E-state index < -0.39 is 0 Å². The minimum atomic E-state index is 0.0651. The average Bonchev–Trinajstić information content (AvgIpc) is 3.32. The molecular weight excluding hydrogens is 354 g/mol. The Bertz CT molecular complexity index is 874. The van der Waals surface area contributed by atoms with Gasteiger partial charge in [0.15, 0.2) is 11.5 Å². The zero-order valence-corrected chi connectivity index (χ0v) is 15.9. The van der Waals surface area contributed by atoms with Crippen LogP contribution in [-0.2, 0) is 0 Å². The Hall–Kier alpha value is -1.40. The van der Waals surface area contributed by atoms with Crippen molar-refractivity contribution in [2.75, 3.05) is 14.2 Å². The number of thioether (sulfide) groups is 1. The van der Waals surface area contributed by atoms with Crippen LogP contribution in [0, 0.1) is 17.8 Å². The van der Waals surface area contributed by atoms with Crippen molar-refractivity contribution in [3.8, 4) is 11.5 Å². The van der Waals surface area contributed by atoms with Crippen molar-refractivity contribution in [1.82, 2.24) is 4.98 Å². The monoisotopic (exact) mass is 375 g/mol. The topological polar surface area (TPSA) is 51.3 Å². The zero-order chi connectivity index (χ0) is 17.1. The molecule has 1 aromatic carbocycles. The summed E-state index contributed by atoms with van der Waals surface area (Å²) in [5.41, 5.74) is 1.25. The number of methoxy groups -OCH3 is 2. The van der Waals surface area contributed by atoms with E-state index in [0.29, 0.717) is 17.1 Å². The van der Waals surface area contributed by atoms with Crippen molar-refractivity contribution in [1.29, 1.82) is 0 Å². The fourth-order valence-corrected chi connectivity index (χ4v) is 8.16. The molecular formula is C19H21NO3S2. The van der Waals surface area contributed by atoms with E-state index in [4.69, 9.17) is 9.47 Å². The van der Waals surface area contributed by atoms with Crippen LogP contribution >= 0.6 is 23.1 Å². The maximum atomic E-state index is 12.1. The highest BCUT2D eigenvalue weighted by molar-refractivity contribution is 8.00. The van der Waals surface area contributed by atoms with Crippen LogP contribution in [0.4, 0.5) is 0 Å². The summed E-state index contributed by atoms with van der Waals surface area (Å²) in [4.78, 5) is 16.4. The molecule has 2 saturated carbocycles. The molecule has 4 nitrogen and oxygen atoms in total. The van der Waals surface area contributed by atoms with Gasteiger partial charge >= 0.3 is 4.87 Å². The van der Waals surface area contributed by atoms with Gasteiger partial charge in [-0.25, -0.2) is 0 Å². The molecule has 25 heavy (non-hydrogen) atoms. The number of rotatable bonds is 3. The molecule has 2 aromatic rings. The minimum Gasteiger partial charge on any atom is -0.493 e. The molecule has 2 heterocycles. The van der Waals surface area contributed by atoms with E-state index in [2.05, 4.69) is 17.1 Å². The maximum absolute atomic E-state index is 12.1. The summed E-state index contributed by atoms with van der Waals surface area (Å²) in [5.74, 6) is 4.03. The van der Waals surface area contributed by atoms with Gasteiger partial charge in [-0.3, -0.25) is 4.79 Å². The highest BCUT2D eigenvalue weighted by atomic mass is 32.2. The van der Waals surface area contributed by atoms with Crippen molar-refractivity contribution < 1.29 is 9.47 Å². The first-order valence-corrected chi connectivity index (χ1v) is 10.5. The summed E-state index contributed by atoms with van der Waals surface area (Å²) in [6, 6.07) is 6.25. The van der Waals surface area contributed by atoms with Crippen molar-refractivity contribution >= 4 is 23.1 Å². The number of aromatic amines is 1. The lowest BCUT2D eigenvalue weighted by Crippen LogP contribution is -2.33. The normalized spacial score (nSPS) is 32.3. The number of nitrogens with one attached hydrogen (secondary N) is 1. The molecule has 5 rings (SSSR count). The van der Waals surface area contributed by atoms with Crippen molar-refractivity contribution in [2.24, 2.45) is 17.8 Å². The molecule has 1 aliphatic heterocycles. The van der Waals surface area contributed by atoms with Gasteiger partial charge in [0.25, 0.3) is 0 Å². The van der Waals surface area contributed by atoms with Gasteiger partial charge in [0.2, 0.25) is 0 Å². The number of hydrogen-bond donors (Lipinski definition) is 1. The van der Waals surface area contributed by atoms with Crippen LogP contribution in [0.5, 0.6) is 11.5 Å². The third-order valence-electron chi connectivity index (χ3n) is 6.23. The minimum absolute atomic E-state index is 0.0651. The molecule has 6 heteroatoms. The van der Waals surface area contributed by atoms with Gasteiger partial charge in [-0.1, -0.05) is 17.4 Å². The zero-order valence-electron chi connectivity index (χ0n) is 14.3. The molecule has 1 N–H and O–H groups in total. The molecule has 5 atom stereocenters. The second-order valence-corrected chi connectivity index (χ2v) is 9.50. The van der Waals surface area contributed by atoms with Crippen LogP contribution in [0.3, 0.4) is 0 Å². The largest absolute Gasteiger partial charge is 0.493 e. The SMILES string of the molecule is COc1ccc([C@H]2c3sc(=O)[nH]c3S[C@@H]3[C@@H]4CC[C@@H](C4)[C@H]23)cc1OC. The predicted octanol–water partition coefficient (Wildman–Crippen LogP) is 4.11. The average molecular weight is 376 g/mol. The summed E-state index contributed by atoms with van der Waals surface area (Å²) >= 11 is 3.32. The van der Waals surface area contributed by atoms with E-state index in [1.165, 1.54) is 41.0 Å². The Kier molecular flexibility index (Phi) is 3.68. The van der Waals surface area contributed by atoms with Crippen molar-refractivity contribution in [2.45, 2.75) is 35.5 Å². The maximum Gasteiger partial charge on any atom is 0.305 e. The number of benzene rings is 1. The standard InChI is InChI=1S/C19H21NO3S2/c1-22-12-6-5-10(8-13(12)23-2)15-14-9-3-4-11(7-9)16(14)24-18-17(15)25-19(21)20-18/h5-6,8-9,11,14-16H,3-4,7H2,1-2H3,(H,20,21)/t9-,11+,14+,15+,16+/m0/s1.